The molecule has 0 radical (unpaired) electrons. The largest absolute Gasteiger partial charge is 0.454 e. The van der Waals surface area contributed by atoms with Gasteiger partial charge < -0.3 is 20.1 Å². The molecule has 1 amide bonds. The average molecular weight is 396 g/mol. The Balaban J connectivity index is 1.32. The molecule has 6 nitrogen and oxygen atoms in total. The van der Waals surface area contributed by atoms with E-state index in [9.17, 15) is 4.79 Å². The zero-order chi connectivity index (χ0) is 19.3. The van der Waals surface area contributed by atoms with Crippen molar-refractivity contribution in [3.8, 4) is 11.5 Å². The molecule has 0 fully saturated rings. The third-order valence-electron chi connectivity index (χ3n) is 4.33. The van der Waals surface area contributed by atoms with Gasteiger partial charge >= 0.3 is 0 Å². The van der Waals surface area contributed by atoms with Gasteiger partial charge in [0.25, 0.3) is 5.91 Å². The van der Waals surface area contributed by atoms with Crippen LogP contribution >= 0.6 is 11.6 Å². The van der Waals surface area contributed by atoms with Crippen molar-refractivity contribution in [2.24, 2.45) is 0 Å². The van der Waals surface area contributed by atoms with Gasteiger partial charge in [-0.25, -0.2) is 4.98 Å². The summed E-state index contributed by atoms with van der Waals surface area (Å²) in [6.07, 6.45) is 1.63. The lowest BCUT2D eigenvalue weighted by Gasteiger charge is -2.09. The molecule has 0 atom stereocenters. The van der Waals surface area contributed by atoms with Gasteiger partial charge in [0.2, 0.25) is 6.79 Å². The molecule has 0 bridgehead atoms. The second-order valence-corrected chi connectivity index (χ2v) is 6.65. The van der Waals surface area contributed by atoms with Crippen molar-refractivity contribution >= 4 is 23.2 Å². The van der Waals surface area contributed by atoms with E-state index in [1.54, 1.807) is 12.3 Å². The molecule has 142 valence electrons. The molecule has 1 aliphatic heterocycles. The van der Waals surface area contributed by atoms with Crippen molar-refractivity contribution in [3.63, 3.8) is 0 Å². The van der Waals surface area contributed by atoms with E-state index >= 15 is 0 Å². The van der Waals surface area contributed by atoms with Crippen molar-refractivity contribution in [1.82, 2.24) is 10.3 Å². The number of ether oxygens (including phenoxy) is 2. The van der Waals surface area contributed by atoms with Crippen LogP contribution in [0.3, 0.4) is 0 Å². The number of anilines is 1. The fourth-order valence-electron chi connectivity index (χ4n) is 2.80. The van der Waals surface area contributed by atoms with Gasteiger partial charge in [0.1, 0.15) is 5.69 Å². The maximum absolute atomic E-state index is 12.3. The number of aromatic nitrogens is 1. The molecule has 4 rings (SSSR count). The first-order valence-corrected chi connectivity index (χ1v) is 9.17. The summed E-state index contributed by atoms with van der Waals surface area (Å²) in [5.41, 5.74) is 3.08. The molecule has 2 N–H and O–H groups in total. The van der Waals surface area contributed by atoms with Crippen LogP contribution in [0.4, 0.5) is 5.69 Å². The highest BCUT2D eigenvalue weighted by Crippen LogP contribution is 2.32. The van der Waals surface area contributed by atoms with E-state index < -0.39 is 0 Å². The first-order chi connectivity index (χ1) is 13.7. The molecule has 0 spiro atoms. The molecule has 2 heterocycles. The van der Waals surface area contributed by atoms with Gasteiger partial charge in [-0.2, -0.15) is 0 Å². The number of fused-ring (bicyclic) bond motifs is 1. The number of pyridine rings is 1. The Hall–Kier alpha value is -3.25. The minimum atomic E-state index is -0.240. The summed E-state index contributed by atoms with van der Waals surface area (Å²) in [6, 6.07) is 16.7. The number of nitrogens with one attached hydrogen (secondary N) is 2. The quantitative estimate of drug-likeness (QED) is 0.659. The Kier molecular flexibility index (Phi) is 5.30. The summed E-state index contributed by atoms with van der Waals surface area (Å²) in [5.74, 6) is 1.17. The predicted octanol–water partition coefficient (Wildman–Crippen LogP) is 4.01. The van der Waals surface area contributed by atoms with E-state index in [1.165, 1.54) is 0 Å². The zero-order valence-electron chi connectivity index (χ0n) is 14.9. The number of amides is 1. The number of halogens is 1. The highest BCUT2D eigenvalue weighted by Gasteiger charge is 2.14. The maximum Gasteiger partial charge on any atom is 0.270 e. The summed E-state index contributed by atoms with van der Waals surface area (Å²) in [4.78, 5) is 16.6. The summed E-state index contributed by atoms with van der Waals surface area (Å²) in [7, 11) is 0. The number of carbonyl (C=O) groups excluding carboxylic acids is 1. The van der Waals surface area contributed by atoms with E-state index in [2.05, 4.69) is 15.6 Å². The normalized spacial score (nSPS) is 11.9. The standard InChI is InChI=1S/C21H18ClN3O3/c22-17-4-2-1-3-15(17)11-23-16-6-7-18(24-12-16)21(26)25-10-14-5-8-19-20(9-14)28-13-27-19/h1-9,12,23H,10-11,13H2,(H,25,26). The van der Waals surface area contributed by atoms with Crippen LogP contribution in [0.5, 0.6) is 11.5 Å². The second kappa shape index (κ2) is 8.19. The fraction of sp³-hybridized carbons (Fsp3) is 0.143. The Bertz CT molecular complexity index is 992. The van der Waals surface area contributed by atoms with Gasteiger partial charge in [0, 0.05) is 18.1 Å². The summed E-state index contributed by atoms with van der Waals surface area (Å²) < 4.78 is 10.6. The number of rotatable bonds is 6. The van der Waals surface area contributed by atoms with E-state index in [4.69, 9.17) is 21.1 Å². The Morgan fingerprint density at radius 2 is 1.89 bits per heavy atom. The molecule has 1 aliphatic rings. The van der Waals surface area contributed by atoms with E-state index in [-0.39, 0.29) is 12.7 Å². The van der Waals surface area contributed by atoms with Gasteiger partial charge in [-0.05, 0) is 41.5 Å². The van der Waals surface area contributed by atoms with Crippen LogP contribution in [0.1, 0.15) is 21.6 Å². The van der Waals surface area contributed by atoms with E-state index in [0.717, 1.165) is 22.6 Å². The van der Waals surface area contributed by atoms with E-state index in [1.807, 2.05) is 48.5 Å². The molecule has 0 saturated carbocycles. The fourth-order valence-corrected chi connectivity index (χ4v) is 3.00. The predicted molar refractivity (Wildman–Crippen MR) is 107 cm³/mol. The molecule has 0 unspecified atom stereocenters. The van der Waals surface area contributed by atoms with Crippen molar-refractivity contribution in [2.75, 3.05) is 12.1 Å². The molecule has 0 saturated heterocycles. The number of carbonyl (C=O) groups is 1. The van der Waals surface area contributed by atoms with Crippen molar-refractivity contribution < 1.29 is 14.3 Å². The molecule has 1 aromatic heterocycles. The second-order valence-electron chi connectivity index (χ2n) is 6.25. The molecule has 0 aliphatic carbocycles. The minimum Gasteiger partial charge on any atom is -0.454 e. The minimum absolute atomic E-state index is 0.228. The van der Waals surface area contributed by atoms with Crippen LogP contribution in [0, 0.1) is 0 Å². The molecular formula is C21H18ClN3O3. The number of nitrogens with zero attached hydrogens (tertiary/aromatic N) is 1. The number of hydrogen-bond acceptors (Lipinski definition) is 5. The lowest BCUT2D eigenvalue weighted by atomic mass is 10.2. The lowest BCUT2D eigenvalue weighted by molar-refractivity contribution is 0.0946. The van der Waals surface area contributed by atoms with E-state index in [0.29, 0.717) is 29.6 Å². The van der Waals surface area contributed by atoms with Crippen LogP contribution < -0.4 is 20.1 Å². The monoisotopic (exact) mass is 395 g/mol. The number of hydrogen-bond donors (Lipinski definition) is 2. The molecule has 28 heavy (non-hydrogen) atoms. The average Bonchev–Trinajstić information content (AvgIpc) is 3.20. The summed E-state index contributed by atoms with van der Waals surface area (Å²) >= 11 is 6.15. The van der Waals surface area contributed by atoms with Crippen LogP contribution in [0.25, 0.3) is 0 Å². The molecule has 7 heteroatoms. The van der Waals surface area contributed by atoms with Gasteiger partial charge in [-0.3, -0.25) is 4.79 Å². The van der Waals surface area contributed by atoms with Gasteiger partial charge in [0.15, 0.2) is 11.5 Å². The van der Waals surface area contributed by atoms with Gasteiger partial charge in [-0.15, -0.1) is 0 Å². The van der Waals surface area contributed by atoms with Crippen LogP contribution in [-0.4, -0.2) is 17.7 Å². The van der Waals surface area contributed by atoms with Crippen molar-refractivity contribution in [2.45, 2.75) is 13.1 Å². The Morgan fingerprint density at radius 1 is 1.04 bits per heavy atom. The van der Waals surface area contributed by atoms with Crippen LogP contribution in [0.2, 0.25) is 5.02 Å². The molecule has 3 aromatic rings. The zero-order valence-corrected chi connectivity index (χ0v) is 15.7. The first kappa shape index (κ1) is 18.1. The molecular weight excluding hydrogens is 378 g/mol. The van der Waals surface area contributed by atoms with Crippen molar-refractivity contribution in [3.05, 3.63) is 82.6 Å². The molecule has 2 aromatic carbocycles. The topological polar surface area (TPSA) is 72.5 Å². The smallest absolute Gasteiger partial charge is 0.270 e. The van der Waals surface area contributed by atoms with Crippen LogP contribution in [0.15, 0.2) is 60.8 Å². The van der Waals surface area contributed by atoms with Gasteiger partial charge in [0.05, 0.1) is 11.9 Å². The summed E-state index contributed by atoms with van der Waals surface area (Å²) in [5, 5.41) is 6.81. The SMILES string of the molecule is O=C(NCc1ccc2c(c1)OCO2)c1ccc(NCc2ccccc2Cl)cn1. The van der Waals surface area contributed by atoms with Gasteiger partial charge in [-0.1, -0.05) is 35.9 Å². The Morgan fingerprint density at radius 3 is 2.71 bits per heavy atom. The third kappa shape index (κ3) is 4.18. The Labute approximate surface area is 167 Å². The highest BCUT2D eigenvalue weighted by molar-refractivity contribution is 6.31. The summed E-state index contributed by atoms with van der Waals surface area (Å²) in [6.45, 7) is 1.19. The third-order valence-corrected chi connectivity index (χ3v) is 4.70. The highest BCUT2D eigenvalue weighted by atomic mass is 35.5. The first-order valence-electron chi connectivity index (χ1n) is 8.79. The lowest BCUT2D eigenvalue weighted by Crippen LogP contribution is -2.23. The van der Waals surface area contributed by atoms with Crippen LogP contribution in [-0.2, 0) is 13.1 Å². The van der Waals surface area contributed by atoms with Crippen molar-refractivity contribution in [1.29, 1.82) is 0 Å². The number of benzene rings is 2. The maximum atomic E-state index is 12.3.